The molecule has 0 aliphatic heterocycles. The minimum absolute atomic E-state index is 0.0120. The third-order valence-corrected chi connectivity index (χ3v) is 3.39. The van der Waals surface area contributed by atoms with Gasteiger partial charge in [0.25, 0.3) is 11.7 Å². The number of halogens is 2. The van der Waals surface area contributed by atoms with Gasteiger partial charge in [-0.2, -0.15) is 14.0 Å². The Morgan fingerprint density at radius 3 is 2.87 bits per heavy atom. The molecule has 0 saturated heterocycles. The fourth-order valence-electron chi connectivity index (χ4n) is 1.66. The summed E-state index contributed by atoms with van der Waals surface area (Å²) in [5.41, 5.74) is -0.154. The second kappa shape index (κ2) is 8.19. The van der Waals surface area contributed by atoms with E-state index in [0.29, 0.717) is 23.3 Å². The van der Waals surface area contributed by atoms with Crippen LogP contribution in [0, 0.1) is 11.3 Å². The standard InChI is InChI=1S/C15H12F2N2O3S/c16-15(17)23-9-13-4-3-11(22-13)6-10(7-18)14(20)19-8-12-2-1-5-21-12/h1-6,15H,8-9H2,(H,19,20)/b10-6+. The van der Waals surface area contributed by atoms with Crippen LogP contribution in [0.15, 0.2) is 44.9 Å². The summed E-state index contributed by atoms with van der Waals surface area (Å²) in [6.45, 7) is 0.152. The average Bonchev–Trinajstić information content (AvgIpc) is 3.19. The molecule has 0 radical (unpaired) electrons. The first-order valence-corrected chi connectivity index (χ1v) is 7.54. The van der Waals surface area contributed by atoms with Crippen molar-refractivity contribution in [1.82, 2.24) is 5.32 Å². The van der Waals surface area contributed by atoms with Crippen molar-refractivity contribution < 1.29 is 22.4 Å². The third kappa shape index (κ3) is 5.30. The Bertz CT molecular complexity index is 717. The van der Waals surface area contributed by atoms with Gasteiger partial charge >= 0.3 is 0 Å². The summed E-state index contributed by atoms with van der Waals surface area (Å²) < 4.78 is 34.6. The molecule has 0 aromatic carbocycles. The summed E-state index contributed by atoms with van der Waals surface area (Å²) in [7, 11) is 0. The number of hydrogen-bond donors (Lipinski definition) is 1. The quantitative estimate of drug-likeness (QED) is 0.617. The molecule has 2 heterocycles. The van der Waals surface area contributed by atoms with E-state index in [1.165, 1.54) is 24.5 Å². The Kier molecular flexibility index (Phi) is 6.00. The SMILES string of the molecule is N#C/C(=C\c1ccc(CSC(F)F)o1)C(=O)NCc1ccco1. The minimum Gasteiger partial charge on any atom is -0.467 e. The minimum atomic E-state index is -2.49. The van der Waals surface area contributed by atoms with Crippen LogP contribution >= 0.6 is 11.8 Å². The topological polar surface area (TPSA) is 79.2 Å². The van der Waals surface area contributed by atoms with E-state index in [9.17, 15) is 13.6 Å². The fraction of sp³-hybridized carbons (Fsp3) is 0.200. The first-order valence-electron chi connectivity index (χ1n) is 6.49. The van der Waals surface area contributed by atoms with Crippen molar-refractivity contribution >= 4 is 23.7 Å². The predicted octanol–water partition coefficient (Wildman–Crippen LogP) is 3.55. The molecule has 0 saturated carbocycles. The zero-order valence-corrected chi connectivity index (χ0v) is 12.6. The van der Waals surface area contributed by atoms with Gasteiger partial charge in [0.2, 0.25) is 0 Å². The lowest BCUT2D eigenvalue weighted by Crippen LogP contribution is -2.23. The molecule has 0 aliphatic carbocycles. The number of carbonyl (C=O) groups is 1. The van der Waals surface area contributed by atoms with Crippen LogP contribution in [-0.4, -0.2) is 11.7 Å². The Balaban J connectivity index is 1.97. The molecule has 23 heavy (non-hydrogen) atoms. The molecule has 2 aromatic heterocycles. The van der Waals surface area contributed by atoms with Crippen LogP contribution in [0.3, 0.4) is 0 Å². The summed E-state index contributed by atoms with van der Waals surface area (Å²) >= 11 is 0.433. The Labute approximate surface area is 135 Å². The number of hydrogen-bond acceptors (Lipinski definition) is 5. The molecule has 0 aliphatic rings. The molecule has 0 unspecified atom stereocenters. The lowest BCUT2D eigenvalue weighted by molar-refractivity contribution is -0.117. The second-order valence-electron chi connectivity index (χ2n) is 4.31. The van der Waals surface area contributed by atoms with E-state index >= 15 is 0 Å². The molecule has 1 N–H and O–H groups in total. The van der Waals surface area contributed by atoms with E-state index in [2.05, 4.69) is 5.32 Å². The van der Waals surface area contributed by atoms with Crippen molar-refractivity contribution in [3.63, 3.8) is 0 Å². The van der Waals surface area contributed by atoms with Gasteiger partial charge in [0.05, 0.1) is 18.6 Å². The summed E-state index contributed by atoms with van der Waals surface area (Å²) in [5.74, 6) is -1.91. The monoisotopic (exact) mass is 338 g/mol. The molecule has 2 rings (SSSR count). The highest BCUT2D eigenvalue weighted by atomic mass is 32.2. The van der Waals surface area contributed by atoms with Crippen LogP contribution in [0.5, 0.6) is 0 Å². The molecule has 0 bridgehead atoms. The number of nitrogens with one attached hydrogen (secondary N) is 1. The summed E-state index contributed by atoms with van der Waals surface area (Å²) in [6.07, 6.45) is 2.73. The molecule has 0 atom stereocenters. The number of furan rings is 2. The molecular weight excluding hydrogens is 326 g/mol. The van der Waals surface area contributed by atoms with Crippen LogP contribution in [-0.2, 0) is 17.1 Å². The molecular formula is C15H12F2N2O3S. The lowest BCUT2D eigenvalue weighted by atomic mass is 10.2. The Morgan fingerprint density at radius 2 is 2.22 bits per heavy atom. The molecule has 1 amide bonds. The van der Waals surface area contributed by atoms with Crippen LogP contribution in [0.1, 0.15) is 17.3 Å². The summed E-state index contributed by atoms with van der Waals surface area (Å²) in [5, 5.41) is 11.6. The van der Waals surface area contributed by atoms with Gasteiger partial charge < -0.3 is 14.2 Å². The molecule has 5 nitrogen and oxygen atoms in total. The molecule has 120 valence electrons. The van der Waals surface area contributed by atoms with Crippen LogP contribution in [0.2, 0.25) is 0 Å². The van der Waals surface area contributed by atoms with Crippen LogP contribution in [0.4, 0.5) is 8.78 Å². The maximum atomic E-state index is 12.1. The number of nitriles is 1. The zero-order chi connectivity index (χ0) is 16.7. The van der Waals surface area contributed by atoms with Gasteiger partial charge in [-0.1, -0.05) is 11.8 Å². The van der Waals surface area contributed by atoms with Crippen molar-refractivity contribution in [2.24, 2.45) is 0 Å². The van der Waals surface area contributed by atoms with Crippen molar-refractivity contribution in [2.45, 2.75) is 18.1 Å². The average molecular weight is 338 g/mol. The molecule has 8 heteroatoms. The normalized spacial score (nSPS) is 11.5. The smallest absolute Gasteiger partial charge is 0.284 e. The summed E-state index contributed by atoms with van der Waals surface area (Å²) in [4.78, 5) is 11.9. The van der Waals surface area contributed by atoms with Gasteiger partial charge in [-0.25, -0.2) is 0 Å². The van der Waals surface area contributed by atoms with Crippen molar-refractivity contribution in [1.29, 1.82) is 5.26 Å². The zero-order valence-electron chi connectivity index (χ0n) is 11.8. The van der Waals surface area contributed by atoms with Gasteiger partial charge in [-0.05, 0) is 24.3 Å². The maximum absolute atomic E-state index is 12.1. The van der Waals surface area contributed by atoms with Crippen molar-refractivity contribution in [3.8, 4) is 6.07 Å². The second-order valence-corrected chi connectivity index (χ2v) is 5.29. The van der Waals surface area contributed by atoms with Gasteiger partial charge in [0, 0.05) is 6.08 Å². The number of rotatable bonds is 7. The highest BCUT2D eigenvalue weighted by Crippen LogP contribution is 2.22. The Morgan fingerprint density at radius 1 is 1.39 bits per heavy atom. The van der Waals surface area contributed by atoms with Crippen molar-refractivity contribution in [2.75, 3.05) is 0 Å². The number of alkyl halides is 2. The van der Waals surface area contributed by atoms with E-state index in [-0.39, 0.29) is 23.6 Å². The maximum Gasteiger partial charge on any atom is 0.284 e. The fourth-order valence-corrected chi connectivity index (χ4v) is 2.11. The molecule has 2 aromatic rings. The van der Waals surface area contributed by atoms with E-state index < -0.39 is 11.7 Å². The largest absolute Gasteiger partial charge is 0.467 e. The molecule has 0 fully saturated rings. The van der Waals surface area contributed by atoms with E-state index in [0.717, 1.165) is 0 Å². The number of nitrogens with zero attached hydrogens (tertiary/aromatic N) is 1. The lowest BCUT2D eigenvalue weighted by Gasteiger charge is -2.01. The van der Waals surface area contributed by atoms with E-state index in [1.54, 1.807) is 18.2 Å². The number of carbonyl (C=O) groups excluding carboxylic acids is 1. The van der Waals surface area contributed by atoms with Gasteiger partial charge in [0.1, 0.15) is 28.9 Å². The predicted molar refractivity (Wildman–Crippen MR) is 80.2 cm³/mol. The first-order chi connectivity index (χ1) is 11.1. The van der Waals surface area contributed by atoms with Crippen molar-refractivity contribution in [3.05, 3.63) is 53.4 Å². The highest BCUT2D eigenvalue weighted by molar-refractivity contribution is 7.98. The van der Waals surface area contributed by atoms with Gasteiger partial charge in [-0.3, -0.25) is 4.79 Å². The van der Waals surface area contributed by atoms with E-state index in [1.807, 2.05) is 0 Å². The Hall–Kier alpha value is -2.53. The molecule has 0 spiro atoms. The highest BCUT2D eigenvalue weighted by Gasteiger charge is 2.12. The third-order valence-electron chi connectivity index (χ3n) is 2.69. The van der Waals surface area contributed by atoms with E-state index in [4.69, 9.17) is 14.1 Å². The van der Waals surface area contributed by atoms with Gasteiger partial charge in [0.15, 0.2) is 0 Å². The van der Waals surface area contributed by atoms with Crippen LogP contribution in [0.25, 0.3) is 6.08 Å². The summed E-state index contributed by atoms with van der Waals surface area (Å²) in [6, 6.07) is 8.19. The number of amides is 1. The van der Waals surface area contributed by atoms with Gasteiger partial charge in [-0.15, -0.1) is 0 Å². The number of thioether (sulfide) groups is 1. The van der Waals surface area contributed by atoms with Crippen LogP contribution < -0.4 is 5.32 Å². The first kappa shape index (κ1) is 16.8.